The van der Waals surface area contributed by atoms with Gasteiger partial charge in [0.25, 0.3) is 5.69 Å². The van der Waals surface area contributed by atoms with Crippen LogP contribution in [-0.4, -0.2) is 16.2 Å². The third-order valence-electron chi connectivity index (χ3n) is 3.69. The number of Topliss-reactive ketones (excluding diaryl/α,β-unsaturated/α-hetero) is 1. The van der Waals surface area contributed by atoms with E-state index in [2.05, 4.69) is 11.9 Å². The van der Waals surface area contributed by atoms with Gasteiger partial charge in [-0.1, -0.05) is 49.0 Å². The molecule has 2 aromatic rings. The number of nitro benzene ring substituents is 1. The Kier molecular flexibility index (Phi) is 5.49. The standard InChI is InChI=1S/C20H22N2O3/c1-14(19(23)16-8-6-5-7-9-16)18(21-20(2,3)4)15-10-12-17(13-11-15)22(24)25/h5-13,18,21H,1H2,2-4H3. The van der Waals surface area contributed by atoms with E-state index < -0.39 is 11.0 Å². The first-order valence-corrected chi connectivity index (χ1v) is 7.99. The first-order valence-electron chi connectivity index (χ1n) is 7.99. The topological polar surface area (TPSA) is 72.2 Å². The summed E-state index contributed by atoms with van der Waals surface area (Å²) in [6, 6.07) is 14.7. The van der Waals surface area contributed by atoms with Gasteiger partial charge in [-0.2, -0.15) is 0 Å². The minimum atomic E-state index is -0.445. The van der Waals surface area contributed by atoms with Crippen LogP contribution in [0.3, 0.4) is 0 Å². The molecule has 0 heterocycles. The Morgan fingerprint density at radius 2 is 1.64 bits per heavy atom. The van der Waals surface area contributed by atoms with E-state index in [9.17, 15) is 14.9 Å². The third kappa shape index (κ3) is 4.84. The van der Waals surface area contributed by atoms with Crippen LogP contribution < -0.4 is 5.32 Å². The van der Waals surface area contributed by atoms with Crippen molar-refractivity contribution in [1.29, 1.82) is 0 Å². The molecule has 25 heavy (non-hydrogen) atoms. The van der Waals surface area contributed by atoms with Crippen molar-refractivity contribution in [2.24, 2.45) is 0 Å². The minimum absolute atomic E-state index is 0.0123. The summed E-state index contributed by atoms with van der Waals surface area (Å²) in [5, 5.41) is 14.2. The van der Waals surface area contributed by atoms with E-state index >= 15 is 0 Å². The summed E-state index contributed by atoms with van der Waals surface area (Å²) in [5.41, 5.74) is 1.46. The van der Waals surface area contributed by atoms with Gasteiger partial charge in [0.05, 0.1) is 11.0 Å². The highest BCUT2D eigenvalue weighted by molar-refractivity contribution is 6.09. The van der Waals surface area contributed by atoms with Crippen LogP contribution in [0.1, 0.15) is 42.7 Å². The van der Waals surface area contributed by atoms with Crippen LogP contribution >= 0.6 is 0 Å². The zero-order valence-electron chi connectivity index (χ0n) is 14.7. The molecule has 5 heteroatoms. The van der Waals surface area contributed by atoms with Crippen molar-refractivity contribution in [3.63, 3.8) is 0 Å². The zero-order chi connectivity index (χ0) is 18.6. The molecular formula is C20H22N2O3. The maximum Gasteiger partial charge on any atom is 0.269 e. The van der Waals surface area contributed by atoms with Crippen LogP contribution in [0, 0.1) is 10.1 Å². The van der Waals surface area contributed by atoms with E-state index in [4.69, 9.17) is 0 Å². The lowest BCUT2D eigenvalue weighted by molar-refractivity contribution is -0.384. The van der Waals surface area contributed by atoms with Crippen molar-refractivity contribution < 1.29 is 9.72 Å². The van der Waals surface area contributed by atoms with E-state index in [1.165, 1.54) is 12.1 Å². The fourth-order valence-corrected chi connectivity index (χ4v) is 2.50. The lowest BCUT2D eigenvalue weighted by atomic mass is 9.91. The summed E-state index contributed by atoms with van der Waals surface area (Å²) in [5.74, 6) is -0.152. The first-order chi connectivity index (χ1) is 11.7. The molecule has 0 saturated heterocycles. The van der Waals surface area contributed by atoms with Crippen molar-refractivity contribution in [3.8, 4) is 0 Å². The fraction of sp³-hybridized carbons (Fsp3) is 0.250. The quantitative estimate of drug-likeness (QED) is 0.365. The normalized spacial score (nSPS) is 12.4. The van der Waals surface area contributed by atoms with Gasteiger partial charge in [-0.3, -0.25) is 14.9 Å². The van der Waals surface area contributed by atoms with Crippen molar-refractivity contribution in [3.05, 3.63) is 88.0 Å². The largest absolute Gasteiger partial charge is 0.301 e. The Bertz CT molecular complexity index is 775. The number of ketones is 1. The molecule has 5 nitrogen and oxygen atoms in total. The molecular weight excluding hydrogens is 316 g/mol. The van der Waals surface area contributed by atoms with Gasteiger partial charge in [-0.05, 0) is 26.3 Å². The van der Waals surface area contributed by atoms with Gasteiger partial charge in [0.2, 0.25) is 0 Å². The van der Waals surface area contributed by atoms with E-state index in [1.807, 2.05) is 26.8 Å². The maximum absolute atomic E-state index is 12.8. The van der Waals surface area contributed by atoms with Crippen LogP contribution in [0.15, 0.2) is 66.7 Å². The zero-order valence-corrected chi connectivity index (χ0v) is 14.7. The third-order valence-corrected chi connectivity index (χ3v) is 3.69. The highest BCUT2D eigenvalue weighted by Crippen LogP contribution is 2.27. The number of carbonyl (C=O) groups excluding carboxylic acids is 1. The average Bonchev–Trinajstić information content (AvgIpc) is 2.58. The number of nitrogens with zero attached hydrogens (tertiary/aromatic N) is 1. The SMILES string of the molecule is C=C(C(=O)c1ccccc1)C(NC(C)(C)C)c1ccc([N+](=O)[O-])cc1. The molecule has 0 aromatic heterocycles. The van der Waals surface area contributed by atoms with Gasteiger partial charge in [0, 0.05) is 28.8 Å². The molecule has 0 fully saturated rings. The Morgan fingerprint density at radius 3 is 2.12 bits per heavy atom. The van der Waals surface area contributed by atoms with Crippen molar-refractivity contribution in [1.82, 2.24) is 5.32 Å². The van der Waals surface area contributed by atoms with Gasteiger partial charge >= 0.3 is 0 Å². The Morgan fingerprint density at radius 1 is 1.08 bits per heavy atom. The number of nitrogens with one attached hydrogen (secondary N) is 1. The van der Waals surface area contributed by atoms with Crippen molar-refractivity contribution in [2.45, 2.75) is 32.4 Å². The van der Waals surface area contributed by atoms with Gasteiger partial charge in [-0.15, -0.1) is 0 Å². The van der Waals surface area contributed by atoms with E-state index in [0.29, 0.717) is 11.1 Å². The molecule has 1 N–H and O–H groups in total. The van der Waals surface area contributed by atoms with Crippen LogP contribution in [0.5, 0.6) is 0 Å². The lowest BCUT2D eigenvalue weighted by Gasteiger charge is -2.30. The van der Waals surface area contributed by atoms with Crippen molar-refractivity contribution in [2.75, 3.05) is 0 Å². The second-order valence-electron chi connectivity index (χ2n) is 6.90. The first kappa shape index (κ1) is 18.5. The average molecular weight is 338 g/mol. The molecule has 0 radical (unpaired) electrons. The summed E-state index contributed by atoms with van der Waals surface area (Å²) >= 11 is 0. The van der Waals surface area contributed by atoms with Crippen LogP contribution in [0.25, 0.3) is 0 Å². The van der Waals surface area contributed by atoms with E-state index in [-0.39, 0.29) is 17.0 Å². The van der Waals surface area contributed by atoms with Crippen LogP contribution in [-0.2, 0) is 0 Å². The molecule has 130 valence electrons. The number of non-ortho nitro benzene ring substituents is 1. The lowest BCUT2D eigenvalue weighted by Crippen LogP contribution is -2.40. The fourth-order valence-electron chi connectivity index (χ4n) is 2.50. The Labute approximate surface area is 147 Å². The predicted molar refractivity (Wildman–Crippen MR) is 98.6 cm³/mol. The predicted octanol–water partition coefficient (Wildman–Crippen LogP) is 4.46. The van der Waals surface area contributed by atoms with Crippen molar-refractivity contribution >= 4 is 11.5 Å². The number of nitro groups is 1. The summed E-state index contributed by atoms with van der Waals surface area (Å²) in [6.07, 6.45) is 0. The Balaban J connectivity index is 2.37. The maximum atomic E-state index is 12.8. The van der Waals surface area contributed by atoms with Crippen LogP contribution in [0.2, 0.25) is 0 Å². The molecule has 0 aliphatic carbocycles. The minimum Gasteiger partial charge on any atom is -0.301 e. The molecule has 0 bridgehead atoms. The molecule has 1 unspecified atom stereocenters. The molecule has 2 rings (SSSR count). The second kappa shape index (κ2) is 7.40. The summed E-state index contributed by atoms with van der Waals surface area (Å²) in [6.45, 7) is 9.98. The highest BCUT2D eigenvalue weighted by atomic mass is 16.6. The molecule has 2 aromatic carbocycles. The molecule has 0 aliphatic rings. The number of benzene rings is 2. The highest BCUT2D eigenvalue weighted by Gasteiger charge is 2.26. The second-order valence-corrected chi connectivity index (χ2v) is 6.90. The van der Waals surface area contributed by atoms with E-state index in [0.717, 1.165) is 5.56 Å². The molecule has 0 aliphatic heterocycles. The smallest absolute Gasteiger partial charge is 0.269 e. The Hall–Kier alpha value is -2.79. The number of carbonyl (C=O) groups is 1. The van der Waals surface area contributed by atoms with Gasteiger partial charge in [0.15, 0.2) is 5.78 Å². The molecule has 0 spiro atoms. The monoisotopic (exact) mass is 338 g/mol. The van der Waals surface area contributed by atoms with Gasteiger partial charge < -0.3 is 5.32 Å². The molecule has 0 saturated carbocycles. The summed E-state index contributed by atoms with van der Waals surface area (Å²) < 4.78 is 0. The molecule has 1 atom stereocenters. The molecule has 0 amide bonds. The number of hydrogen-bond acceptors (Lipinski definition) is 4. The van der Waals surface area contributed by atoms with Gasteiger partial charge in [-0.25, -0.2) is 0 Å². The number of hydrogen-bond donors (Lipinski definition) is 1. The van der Waals surface area contributed by atoms with Crippen LogP contribution in [0.4, 0.5) is 5.69 Å². The summed E-state index contributed by atoms with van der Waals surface area (Å²) in [4.78, 5) is 23.2. The number of rotatable bonds is 6. The summed E-state index contributed by atoms with van der Waals surface area (Å²) in [7, 11) is 0. The van der Waals surface area contributed by atoms with Gasteiger partial charge in [0.1, 0.15) is 0 Å². The van der Waals surface area contributed by atoms with E-state index in [1.54, 1.807) is 36.4 Å².